The van der Waals surface area contributed by atoms with Gasteiger partial charge in [0.15, 0.2) is 0 Å². The number of halogens is 1. The zero-order valence-corrected chi connectivity index (χ0v) is 13.1. The van der Waals surface area contributed by atoms with Crippen molar-refractivity contribution in [3.63, 3.8) is 0 Å². The zero-order valence-electron chi connectivity index (χ0n) is 11.6. The van der Waals surface area contributed by atoms with Crippen molar-refractivity contribution < 1.29 is 14.8 Å². The number of hydrogen-bond acceptors (Lipinski definition) is 5. The fourth-order valence-corrected chi connectivity index (χ4v) is 3.08. The first-order chi connectivity index (χ1) is 10.4. The summed E-state index contributed by atoms with van der Waals surface area (Å²) in [5.74, 6) is -0.492. The van der Waals surface area contributed by atoms with Crippen LogP contribution in [0, 0.1) is 17.0 Å². The van der Waals surface area contributed by atoms with Crippen LogP contribution in [0.4, 0.5) is 5.69 Å². The van der Waals surface area contributed by atoms with E-state index in [-0.39, 0.29) is 22.8 Å². The third-order valence-corrected chi connectivity index (χ3v) is 4.50. The molecule has 2 N–H and O–H groups in total. The second-order valence-electron chi connectivity index (χ2n) is 4.61. The molecule has 1 heterocycles. The lowest BCUT2D eigenvalue weighted by molar-refractivity contribution is -0.384. The molecule has 0 bridgehead atoms. The third kappa shape index (κ3) is 3.62. The summed E-state index contributed by atoms with van der Waals surface area (Å²) >= 11 is 7.29. The first-order valence-corrected chi connectivity index (χ1v) is 7.60. The lowest BCUT2D eigenvalue weighted by atomic mass is 10.1. The number of aliphatic hydroxyl groups is 1. The molecule has 2 rings (SSSR count). The molecule has 1 aromatic carbocycles. The van der Waals surface area contributed by atoms with Crippen molar-refractivity contribution >= 4 is 34.5 Å². The van der Waals surface area contributed by atoms with E-state index in [4.69, 9.17) is 11.6 Å². The number of thiophene rings is 1. The number of nitro benzene ring substituents is 1. The molecule has 0 aliphatic heterocycles. The Balaban J connectivity index is 2.04. The highest BCUT2D eigenvalue weighted by molar-refractivity contribution is 7.10. The number of nitro groups is 1. The number of nitrogens with one attached hydrogen (secondary N) is 1. The number of benzene rings is 1. The predicted molar refractivity (Wildman–Crippen MR) is 84.5 cm³/mol. The number of carbonyl (C=O) groups excluding carboxylic acids is 1. The molecule has 6 nitrogen and oxygen atoms in total. The highest BCUT2D eigenvalue weighted by atomic mass is 35.5. The highest BCUT2D eigenvalue weighted by Gasteiger charge is 2.17. The summed E-state index contributed by atoms with van der Waals surface area (Å²) in [5, 5.41) is 25.1. The van der Waals surface area contributed by atoms with Crippen LogP contribution in [-0.4, -0.2) is 22.5 Å². The van der Waals surface area contributed by atoms with Crippen LogP contribution in [0.2, 0.25) is 5.02 Å². The Morgan fingerprint density at radius 3 is 2.77 bits per heavy atom. The van der Waals surface area contributed by atoms with Gasteiger partial charge in [-0.15, -0.1) is 11.3 Å². The normalized spacial score (nSPS) is 12.0. The van der Waals surface area contributed by atoms with Crippen LogP contribution in [0.5, 0.6) is 0 Å². The van der Waals surface area contributed by atoms with Crippen LogP contribution in [0.3, 0.4) is 0 Å². The fourth-order valence-electron chi connectivity index (χ4n) is 1.90. The maximum Gasteiger partial charge on any atom is 0.270 e. The van der Waals surface area contributed by atoms with Crippen molar-refractivity contribution in [3.8, 4) is 0 Å². The van der Waals surface area contributed by atoms with Crippen LogP contribution < -0.4 is 5.32 Å². The Kier molecular flexibility index (Phi) is 5.12. The number of aliphatic hydroxyl groups excluding tert-OH is 1. The molecule has 0 saturated heterocycles. The van der Waals surface area contributed by atoms with E-state index in [1.165, 1.54) is 23.5 Å². The third-order valence-electron chi connectivity index (χ3n) is 3.07. The summed E-state index contributed by atoms with van der Waals surface area (Å²) in [6, 6.07) is 5.51. The molecule has 1 unspecified atom stereocenters. The van der Waals surface area contributed by atoms with Gasteiger partial charge < -0.3 is 10.4 Å². The summed E-state index contributed by atoms with van der Waals surface area (Å²) in [7, 11) is 0. The molecule has 0 aliphatic rings. The number of carbonyl (C=O) groups is 1. The van der Waals surface area contributed by atoms with Crippen LogP contribution in [0.15, 0.2) is 29.6 Å². The van der Waals surface area contributed by atoms with Gasteiger partial charge in [0.1, 0.15) is 6.10 Å². The van der Waals surface area contributed by atoms with Crippen LogP contribution in [0.1, 0.15) is 26.9 Å². The monoisotopic (exact) mass is 340 g/mol. The zero-order chi connectivity index (χ0) is 16.3. The molecule has 0 radical (unpaired) electrons. The van der Waals surface area contributed by atoms with E-state index < -0.39 is 16.9 Å². The van der Waals surface area contributed by atoms with Gasteiger partial charge in [-0.25, -0.2) is 0 Å². The van der Waals surface area contributed by atoms with E-state index in [1.54, 1.807) is 0 Å². The van der Waals surface area contributed by atoms with E-state index in [2.05, 4.69) is 5.32 Å². The van der Waals surface area contributed by atoms with Crippen LogP contribution >= 0.6 is 22.9 Å². The molecule has 2 aromatic rings. The van der Waals surface area contributed by atoms with E-state index in [1.807, 2.05) is 18.4 Å². The molecule has 0 aliphatic carbocycles. The molecule has 0 spiro atoms. The van der Waals surface area contributed by atoms with Crippen LogP contribution in [0.25, 0.3) is 0 Å². The smallest absolute Gasteiger partial charge is 0.270 e. The highest BCUT2D eigenvalue weighted by Crippen LogP contribution is 2.24. The van der Waals surface area contributed by atoms with Crippen molar-refractivity contribution in [1.82, 2.24) is 5.32 Å². The standard InChI is InChI=1S/C14H13ClN2O4S/c1-8-4-5-22-13(8)12(18)7-16-14(19)10-3-2-9(17(20)21)6-11(10)15/h2-6,12,18H,7H2,1H3,(H,16,19). The first-order valence-electron chi connectivity index (χ1n) is 6.34. The van der Waals surface area contributed by atoms with Crippen molar-refractivity contribution in [3.05, 3.63) is 60.8 Å². The number of hydrogen-bond donors (Lipinski definition) is 2. The molecule has 1 aromatic heterocycles. The second-order valence-corrected chi connectivity index (χ2v) is 5.97. The number of nitrogens with zero attached hydrogens (tertiary/aromatic N) is 1. The van der Waals surface area contributed by atoms with E-state index in [0.717, 1.165) is 16.5 Å². The summed E-state index contributed by atoms with van der Waals surface area (Å²) in [6.07, 6.45) is -0.805. The van der Waals surface area contributed by atoms with E-state index >= 15 is 0 Å². The van der Waals surface area contributed by atoms with E-state index in [0.29, 0.717) is 0 Å². The second kappa shape index (κ2) is 6.87. The molecule has 0 fully saturated rings. The topological polar surface area (TPSA) is 92.5 Å². The van der Waals surface area contributed by atoms with Gasteiger partial charge in [0, 0.05) is 23.6 Å². The number of rotatable bonds is 5. The lowest BCUT2D eigenvalue weighted by Gasteiger charge is -2.12. The minimum atomic E-state index is -0.805. The van der Waals surface area contributed by atoms with Gasteiger partial charge >= 0.3 is 0 Å². The minimum Gasteiger partial charge on any atom is -0.386 e. The summed E-state index contributed by atoms with van der Waals surface area (Å²) < 4.78 is 0. The van der Waals surface area contributed by atoms with Gasteiger partial charge in [-0.1, -0.05) is 11.6 Å². The largest absolute Gasteiger partial charge is 0.386 e. The van der Waals surface area contributed by atoms with Crippen molar-refractivity contribution in [2.45, 2.75) is 13.0 Å². The Labute approximate surface area is 135 Å². The maximum atomic E-state index is 12.0. The molecule has 1 atom stereocenters. The van der Waals surface area contributed by atoms with Crippen LogP contribution in [-0.2, 0) is 0 Å². The summed E-state index contributed by atoms with van der Waals surface area (Å²) in [5.41, 5.74) is 0.901. The fraction of sp³-hybridized carbons (Fsp3) is 0.214. The summed E-state index contributed by atoms with van der Waals surface area (Å²) in [4.78, 5) is 22.9. The number of amides is 1. The Bertz CT molecular complexity index is 717. The lowest BCUT2D eigenvalue weighted by Crippen LogP contribution is -2.28. The van der Waals surface area contributed by atoms with Gasteiger partial charge in [0.2, 0.25) is 0 Å². The predicted octanol–water partition coefficient (Wildman–Crippen LogP) is 3.08. The number of aryl methyl sites for hydroxylation is 1. The Hall–Kier alpha value is -1.96. The molecule has 22 heavy (non-hydrogen) atoms. The minimum absolute atomic E-state index is 0.00602. The van der Waals surface area contributed by atoms with Gasteiger partial charge in [0.25, 0.3) is 11.6 Å². The summed E-state index contributed by atoms with van der Waals surface area (Å²) in [6.45, 7) is 1.91. The van der Waals surface area contributed by atoms with E-state index in [9.17, 15) is 20.0 Å². The average Bonchev–Trinajstić information content (AvgIpc) is 2.90. The molecular formula is C14H13ClN2O4S. The molecule has 1 amide bonds. The Morgan fingerprint density at radius 1 is 1.50 bits per heavy atom. The van der Waals surface area contributed by atoms with Crippen molar-refractivity contribution in [2.75, 3.05) is 6.54 Å². The SMILES string of the molecule is Cc1ccsc1C(O)CNC(=O)c1ccc([N+](=O)[O-])cc1Cl. The van der Waals surface area contributed by atoms with Crippen molar-refractivity contribution in [2.24, 2.45) is 0 Å². The Morgan fingerprint density at radius 2 is 2.23 bits per heavy atom. The van der Waals surface area contributed by atoms with Gasteiger partial charge in [-0.2, -0.15) is 0 Å². The number of non-ortho nitro benzene ring substituents is 1. The molecule has 0 saturated carbocycles. The first kappa shape index (κ1) is 16.4. The maximum absolute atomic E-state index is 12.0. The van der Waals surface area contributed by atoms with Gasteiger partial charge in [0.05, 0.1) is 15.5 Å². The quantitative estimate of drug-likeness (QED) is 0.646. The van der Waals surface area contributed by atoms with Crippen molar-refractivity contribution in [1.29, 1.82) is 0 Å². The average molecular weight is 341 g/mol. The van der Waals surface area contributed by atoms with Gasteiger partial charge in [-0.3, -0.25) is 14.9 Å². The molecule has 116 valence electrons. The molecule has 8 heteroatoms. The van der Waals surface area contributed by atoms with Gasteiger partial charge in [-0.05, 0) is 30.0 Å². The molecular weight excluding hydrogens is 328 g/mol.